The Bertz CT molecular complexity index is 459. The van der Waals surface area contributed by atoms with Gasteiger partial charge in [-0.1, -0.05) is 13.8 Å². The van der Waals surface area contributed by atoms with Crippen molar-refractivity contribution < 1.29 is 13.2 Å². The average molecular weight is 339 g/mol. The molecule has 1 unspecified atom stereocenters. The van der Waals surface area contributed by atoms with Gasteiger partial charge >= 0.3 is 0 Å². The molecule has 1 heterocycles. The minimum absolute atomic E-state index is 0. The smallest absolute Gasteiger partial charge is 0.223 e. The largest absolute Gasteiger partial charge is 0.355 e. The van der Waals surface area contributed by atoms with Crippen LogP contribution in [-0.2, 0) is 14.6 Å². The number of amides is 1. The van der Waals surface area contributed by atoms with Gasteiger partial charge in [0.2, 0.25) is 5.91 Å². The molecule has 7 heteroatoms. The highest BCUT2D eigenvalue weighted by Crippen LogP contribution is 2.58. The fourth-order valence-corrected chi connectivity index (χ4v) is 4.84. The topological polar surface area (TPSA) is 75.3 Å². The van der Waals surface area contributed by atoms with E-state index in [1.54, 1.807) is 0 Å². The highest BCUT2D eigenvalue weighted by atomic mass is 35.5. The Hall–Kier alpha value is -0.330. The summed E-state index contributed by atoms with van der Waals surface area (Å²) in [6, 6.07) is 0. The first-order valence-electron chi connectivity index (χ1n) is 7.53. The van der Waals surface area contributed by atoms with Gasteiger partial charge in [-0.25, -0.2) is 8.42 Å². The van der Waals surface area contributed by atoms with Gasteiger partial charge in [0.05, 0.1) is 11.5 Å². The van der Waals surface area contributed by atoms with Gasteiger partial charge in [-0.3, -0.25) is 4.79 Å². The maximum atomic E-state index is 12.1. The SMILES string of the molecule is CC(C)CS(=O)(=O)CCNC(=O)C1CC12CCNCC2.Cl. The number of halogens is 1. The third-order valence-corrected chi connectivity index (χ3v) is 6.41. The van der Waals surface area contributed by atoms with Crippen LogP contribution in [0.1, 0.15) is 33.1 Å². The van der Waals surface area contributed by atoms with E-state index in [2.05, 4.69) is 10.6 Å². The first-order chi connectivity index (χ1) is 9.35. The predicted molar refractivity (Wildman–Crippen MR) is 86.4 cm³/mol. The zero-order valence-electron chi connectivity index (χ0n) is 12.9. The van der Waals surface area contributed by atoms with Crippen molar-refractivity contribution in [2.24, 2.45) is 17.3 Å². The second-order valence-electron chi connectivity index (χ2n) is 6.67. The fourth-order valence-electron chi connectivity index (χ4n) is 3.24. The van der Waals surface area contributed by atoms with Gasteiger partial charge in [0.15, 0.2) is 9.84 Å². The van der Waals surface area contributed by atoms with Crippen molar-refractivity contribution in [2.45, 2.75) is 33.1 Å². The lowest BCUT2D eigenvalue weighted by Crippen LogP contribution is -2.35. The number of carbonyl (C=O) groups is 1. The van der Waals surface area contributed by atoms with Crippen molar-refractivity contribution in [1.29, 1.82) is 0 Å². The minimum atomic E-state index is -3.04. The Morgan fingerprint density at radius 1 is 1.33 bits per heavy atom. The number of hydrogen-bond donors (Lipinski definition) is 2. The molecule has 0 aromatic heterocycles. The standard InChI is InChI=1S/C14H26N2O3S.ClH/c1-11(2)10-20(18,19)8-7-16-13(17)12-9-14(12)3-5-15-6-4-14;/h11-12,15H,3-10H2,1-2H3,(H,16,17);1H. The third-order valence-electron chi connectivity index (χ3n) is 4.41. The van der Waals surface area contributed by atoms with Crippen molar-refractivity contribution in [1.82, 2.24) is 10.6 Å². The van der Waals surface area contributed by atoms with E-state index < -0.39 is 9.84 Å². The van der Waals surface area contributed by atoms with E-state index in [1.807, 2.05) is 13.8 Å². The summed E-state index contributed by atoms with van der Waals surface area (Å²) in [4.78, 5) is 12.1. The normalized spacial score (nSPS) is 23.7. The Labute approximate surface area is 134 Å². The summed E-state index contributed by atoms with van der Waals surface area (Å²) in [6.07, 6.45) is 3.10. The second kappa shape index (κ2) is 7.29. The van der Waals surface area contributed by atoms with Crippen molar-refractivity contribution in [2.75, 3.05) is 31.1 Å². The van der Waals surface area contributed by atoms with Gasteiger partial charge in [-0.2, -0.15) is 0 Å². The molecule has 1 amide bonds. The number of nitrogens with one attached hydrogen (secondary N) is 2. The molecule has 0 aromatic rings. The van der Waals surface area contributed by atoms with Gasteiger partial charge in [0.1, 0.15) is 0 Å². The molecule has 0 aromatic carbocycles. The van der Waals surface area contributed by atoms with Crippen molar-refractivity contribution in [3.8, 4) is 0 Å². The molecule has 1 atom stereocenters. The maximum absolute atomic E-state index is 12.1. The summed E-state index contributed by atoms with van der Waals surface area (Å²) in [5.74, 6) is 0.543. The Morgan fingerprint density at radius 2 is 1.95 bits per heavy atom. The first kappa shape index (κ1) is 18.7. The van der Waals surface area contributed by atoms with Crippen LogP contribution in [-0.4, -0.2) is 45.5 Å². The van der Waals surface area contributed by atoms with Crippen molar-refractivity contribution in [3.05, 3.63) is 0 Å². The molecule has 1 aliphatic heterocycles. The Kier molecular flexibility index (Phi) is 6.50. The van der Waals surface area contributed by atoms with E-state index in [-0.39, 0.29) is 53.6 Å². The van der Waals surface area contributed by atoms with Crippen LogP contribution >= 0.6 is 12.4 Å². The molecule has 0 radical (unpaired) electrons. The van der Waals surface area contributed by atoms with E-state index in [4.69, 9.17) is 0 Å². The van der Waals surface area contributed by atoms with Crippen LogP contribution in [0.5, 0.6) is 0 Å². The van der Waals surface area contributed by atoms with Gasteiger partial charge in [-0.05, 0) is 43.7 Å². The minimum Gasteiger partial charge on any atom is -0.355 e. The number of sulfone groups is 1. The molecule has 0 bridgehead atoms. The van der Waals surface area contributed by atoms with Crippen molar-refractivity contribution in [3.63, 3.8) is 0 Å². The van der Waals surface area contributed by atoms with Gasteiger partial charge in [0.25, 0.3) is 0 Å². The highest BCUT2D eigenvalue weighted by molar-refractivity contribution is 7.91. The van der Waals surface area contributed by atoms with Gasteiger partial charge in [0, 0.05) is 12.5 Å². The number of hydrogen-bond acceptors (Lipinski definition) is 4. The quantitative estimate of drug-likeness (QED) is 0.757. The van der Waals surface area contributed by atoms with Crippen LogP contribution in [0.2, 0.25) is 0 Å². The number of carbonyl (C=O) groups excluding carboxylic acids is 1. The summed E-state index contributed by atoms with van der Waals surface area (Å²) >= 11 is 0. The second-order valence-corrected chi connectivity index (χ2v) is 8.90. The Morgan fingerprint density at radius 3 is 2.52 bits per heavy atom. The lowest BCUT2D eigenvalue weighted by Gasteiger charge is -2.23. The number of piperidine rings is 1. The summed E-state index contributed by atoms with van der Waals surface area (Å²) < 4.78 is 23.5. The summed E-state index contributed by atoms with van der Waals surface area (Å²) in [6.45, 7) is 6.01. The van der Waals surface area contributed by atoms with Crippen LogP contribution < -0.4 is 10.6 Å². The van der Waals surface area contributed by atoms with Gasteiger partial charge in [-0.15, -0.1) is 12.4 Å². The fraction of sp³-hybridized carbons (Fsp3) is 0.929. The van der Waals surface area contributed by atoms with Gasteiger partial charge < -0.3 is 10.6 Å². The van der Waals surface area contributed by atoms with E-state index in [0.29, 0.717) is 0 Å². The summed E-state index contributed by atoms with van der Waals surface area (Å²) in [7, 11) is -3.04. The van der Waals surface area contributed by atoms with E-state index in [0.717, 1.165) is 32.4 Å². The predicted octanol–water partition coefficient (Wildman–Crippen LogP) is 0.985. The lowest BCUT2D eigenvalue weighted by atomic mass is 9.92. The molecule has 2 rings (SSSR count). The monoisotopic (exact) mass is 338 g/mol. The molecule has 5 nitrogen and oxygen atoms in total. The van der Waals surface area contributed by atoms with E-state index >= 15 is 0 Å². The molecular formula is C14H27ClN2O3S. The molecule has 1 aliphatic carbocycles. The summed E-state index contributed by atoms with van der Waals surface area (Å²) in [5.41, 5.74) is 0.214. The zero-order chi connectivity index (χ0) is 14.8. The average Bonchev–Trinajstić information content (AvgIpc) is 3.02. The van der Waals surface area contributed by atoms with Crippen LogP contribution in [0, 0.1) is 17.3 Å². The zero-order valence-corrected chi connectivity index (χ0v) is 14.5. The molecule has 1 saturated carbocycles. The molecule has 124 valence electrons. The molecule has 2 aliphatic rings. The maximum Gasteiger partial charge on any atom is 0.223 e. The third kappa shape index (κ3) is 5.11. The molecule has 2 fully saturated rings. The highest BCUT2D eigenvalue weighted by Gasteiger charge is 2.57. The molecule has 1 saturated heterocycles. The number of rotatable bonds is 6. The van der Waals surface area contributed by atoms with E-state index in [1.165, 1.54) is 0 Å². The van der Waals surface area contributed by atoms with Crippen LogP contribution in [0.15, 0.2) is 0 Å². The van der Waals surface area contributed by atoms with Crippen molar-refractivity contribution >= 4 is 28.2 Å². The summed E-state index contributed by atoms with van der Waals surface area (Å²) in [5, 5.41) is 6.12. The lowest BCUT2D eigenvalue weighted by molar-refractivity contribution is -0.123. The van der Waals surface area contributed by atoms with Crippen LogP contribution in [0.3, 0.4) is 0 Å². The van der Waals surface area contributed by atoms with E-state index in [9.17, 15) is 13.2 Å². The molecule has 2 N–H and O–H groups in total. The molecule has 21 heavy (non-hydrogen) atoms. The molecular weight excluding hydrogens is 312 g/mol. The first-order valence-corrected chi connectivity index (χ1v) is 9.36. The molecule has 1 spiro atoms. The van der Waals surface area contributed by atoms with Crippen LogP contribution in [0.4, 0.5) is 0 Å². The Balaban J connectivity index is 0.00000220. The van der Waals surface area contributed by atoms with Crippen LogP contribution in [0.25, 0.3) is 0 Å².